The third kappa shape index (κ3) is 11.7. The summed E-state index contributed by atoms with van der Waals surface area (Å²) in [6.07, 6.45) is 1.59. The Morgan fingerprint density at radius 1 is 0.959 bits per heavy atom. The van der Waals surface area contributed by atoms with Gasteiger partial charge in [-0.05, 0) is 42.3 Å². The Kier molecular flexibility index (Phi) is 14.6. The number of methoxy groups -OCH3 is 1. The average Bonchev–Trinajstić information content (AvgIpc) is 3.11. The molecule has 0 saturated heterocycles. The van der Waals surface area contributed by atoms with Crippen LogP contribution < -0.4 is 20.7 Å². The van der Waals surface area contributed by atoms with E-state index in [0.29, 0.717) is 18.9 Å². The minimum atomic E-state index is -1.21. The number of fused-ring (bicyclic) bond motifs is 1. The molecule has 0 fully saturated rings. The molecule has 0 saturated carbocycles. The number of para-hydroxylation sites is 1. The molecule has 1 aliphatic rings. The molecule has 1 aliphatic heterocycles. The van der Waals surface area contributed by atoms with E-state index in [0.717, 1.165) is 42.6 Å². The summed E-state index contributed by atoms with van der Waals surface area (Å²) < 4.78 is 11.2. The molecule has 0 aromatic heterocycles. The van der Waals surface area contributed by atoms with E-state index >= 15 is 0 Å². The molecular weight excluding hydrogens is 622 g/mol. The lowest BCUT2D eigenvalue weighted by atomic mass is 10.0. The van der Waals surface area contributed by atoms with Gasteiger partial charge in [0.05, 0.1) is 25.1 Å². The molecule has 49 heavy (non-hydrogen) atoms. The van der Waals surface area contributed by atoms with Crippen LogP contribution in [0.25, 0.3) is 0 Å². The summed E-state index contributed by atoms with van der Waals surface area (Å²) in [6, 6.07) is 22.0. The Morgan fingerprint density at radius 2 is 1.67 bits per heavy atom. The normalized spacial score (nSPS) is 17.4. The SMILES string of the molecule is CCCCN1CCOc2ccccc2C(=O)N[C@H](C(=O)NCc2ccc(CN(C)CCOC)cc2)CC(=O)N[C@@H](Cc2ccccc2)C1=O. The van der Waals surface area contributed by atoms with Crippen molar-refractivity contribution in [3.05, 3.63) is 101 Å². The zero-order valence-electron chi connectivity index (χ0n) is 28.8. The second-order valence-corrected chi connectivity index (χ2v) is 12.3. The van der Waals surface area contributed by atoms with Gasteiger partial charge in [0.1, 0.15) is 24.4 Å². The minimum Gasteiger partial charge on any atom is -0.491 e. The number of benzene rings is 3. The van der Waals surface area contributed by atoms with E-state index in [1.54, 1.807) is 36.3 Å². The van der Waals surface area contributed by atoms with Gasteiger partial charge in [-0.3, -0.25) is 24.1 Å². The van der Waals surface area contributed by atoms with Gasteiger partial charge >= 0.3 is 0 Å². The fourth-order valence-electron chi connectivity index (χ4n) is 5.59. The molecule has 3 aromatic carbocycles. The summed E-state index contributed by atoms with van der Waals surface area (Å²) >= 11 is 0. The fourth-order valence-corrected chi connectivity index (χ4v) is 5.59. The number of amides is 4. The molecule has 11 heteroatoms. The highest BCUT2D eigenvalue weighted by Gasteiger charge is 2.31. The Balaban J connectivity index is 1.54. The minimum absolute atomic E-state index is 0.151. The van der Waals surface area contributed by atoms with Crippen LogP contribution in [0.2, 0.25) is 0 Å². The Bertz CT molecular complexity index is 1520. The molecular formula is C38H49N5O6. The van der Waals surface area contributed by atoms with E-state index < -0.39 is 29.8 Å². The molecule has 3 N–H and O–H groups in total. The molecule has 3 aromatic rings. The van der Waals surface area contributed by atoms with Crippen molar-refractivity contribution in [1.29, 1.82) is 0 Å². The van der Waals surface area contributed by atoms with Gasteiger partial charge in [-0.25, -0.2) is 0 Å². The predicted octanol–water partition coefficient (Wildman–Crippen LogP) is 3.32. The summed E-state index contributed by atoms with van der Waals surface area (Å²) in [6.45, 7) is 5.40. The molecule has 4 rings (SSSR count). The predicted molar refractivity (Wildman–Crippen MR) is 188 cm³/mol. The molecule has 0 aliphatic carbocycles. The molecule has 0 bridgehead atoms. The van der Waals surface area contributed by atoms with Crippen molar-refractivity contribution in [2.75, 3.05) is 47.0 Å². The maximum absolute atomic E-state index is 14.0. The number of rotatable bonds is 13. The van der Waals surface area contributed by atoms with Crippen LogP contribution in [0, 0.1) is 0 Å². The van der Waals surface area contributed by atoms with E-state index in [2.05, 4.69) is 20.9 Å². The first-order valence-corrected chi connectivity index (χ1v) is 16.9. The summed E-state index contributed by atoms with van der Waals surface area (Å²) in [5.74, 6) is -1.47. The van der Waals surface area contributed by atoms with Gasteiger partial charge in [0, 0.05) is 39.7 Å². The lowest BCUT2D eigenvalue weighted by Gasteiger charge is -2.29. The van der Waals surface area contributed by atoms with E-state index in [9.17, 15) is 19.2 Å². The van der Waals surface area contributed by atoms with Gasteiger partial charge in [-0.15, -0.1) is 0 Å². The molecule has 0 radical (unpaired) electrons. The van der Waals surface area contributed by atoms with Gasteiger partial charge in [0.15, 0.2) is 0 Å². The van der Waals surface area contributed by atoms with Crippen molar-refractivity contribution >= 4 is 23.6 Å². The maximum Gasteiger partial charge on any atom is 0.255 e. The third-order valence-corrected chi connectivity index (χ3v) is 8.39. The molecule has 0 unspecified atom stereocenters. The van der Waals surface area contributed by atoms with Crippen molar-refractivity contribution in [2.45, 2.75) is 57.8 Å². The highest BCUT2D eigenvalue weighted by molar-refractivity contribution is 6.01. The van der Waals surface area contributed by atoms with Gasteiger partial charge in [-0.1, -0.05) is 80.1 Å². The fraction of sp³-hybridized carbons (Fsp3) is 0.421. The van der Waals surface area contributed by atoms with E-state index in [1.807, 2.05) is 68.6 Å². The number of hydrogen-bond donors (Lipinski definition) is 3. The first-order valence-electron chi connectivity index (χ1n) is 16.9. The van der Waals surface area contributed by atoms with Crippen LogP contribution in [0.4, 0.5) is 0 Å². The lowest BCUT2D eigenvalue weighted by Crippen LogP contribution is -2.54. The summed E-state index contributed by atoms with van der Waals surface area (Å²) in [5.41, 5.74) is 3.11. The molecule has 1 heterocycles. The maximum atomic E-state index is 14.0. The number of carbonyl (C=O) groups excluding carboxylic acids is 4. The summed E-state index contributed by atoms with van der Waals surface area (Å²) in [5, 5.41) is 8.52. The van der Waals surface area contributed by atoms with Crippen LogP contribution in [0.3, 0.4) is 0 Å². The standard InChI is InChI=1S/C38H49N5O6/c1-4-5-19-43-21-23-49-34-14-10-9-13-31(34)36(45)41-32(25-35(44)40-33(38(43)47)24-28-11-7-6-8-12-28)37(46)39-26-29-15-17-30(18-16-29)27-42(2)20-22-48-3/h6-18,32-33H,4-5,19-27H2,1-3H3,(H,39,46)(H,40,44)(H,41,45)/t32-,33-/m0/s1. The number of ether oxygens (including phenoxy) is 2. The highest BCUT2D eigenvalue weighted by Crippen LogP contribution is 2.19. The van der Waals surface area contributed by atoms with E-state index in [4.69, 9.17) is 9.47 Å². The largest absolute Gasteiger partial charge is 0.491 e. The molecule has 262 valence electrons. The van der Waals surface area contributed by atoms with Gasteiger partial charge in [0.25, 0.3) is 5.91 Å². The molecule has 0 spiro atoms. The molecule has 11 nitrogen and oxygen atoms in total. The number of hydrogen-bond acceptors (Lipinski definition) is 7. The Hall–Kier alpha value is -4.74. The number of likely N-dealkylation sites (N-methyl/N-ethyl adjacent to an activating group) is 1. The monoisotopic (exact) mass is 671 g/mol. The van der Waals surface area contributed by atoms with Crippen LogP contribution in [0.5, 0.6) is 5.75 Å². The first-order chi connectivity index (χ1) is 23.8. The summed E-state index contributed by atoms with van der Waals surface area (Å²) in [7, 11) is 3.70. The highest BCUT2D eigenvalue weighted by atomic mass is 16.5. The summed E-state index contributed by atoms with van der Waals surface area (Å²) in [4.78, 5) is 58.6. The van der Waals surface area contributed by atoms with Crippen LogP contribution in [0.1, 0.15) is 53.2 Å². The average molecular weight is 672 g/mol. The van der Waals surface area contributed by atoms with E-state index in [-0.39, 0.29) is 44.0 Å². The lowest BCUT2D eigenvalue weighted by molar-refractivity contribution is -0.137. The van der Waals surface area contributed by atoms with Crippen LogP contribution in [0.15, 0.2) is 78.9 Å². The van der Waals surface area contributed by atoms with Crippen LogP contribution >= 0.6 is 0 Å². The van der Waals surface area contributed by atoms with Crippen molar-refractivity contribution < 1.29 is 28.7 Å². The van der Waals surface area contributed by atoms with Crippen LogP contribution in [-0.2, 0) is 38.6 Å². The number of carbonyl (C=O) groups is 4. The van der Waals surface area contributed by atoms with Crippen molar-refractivity contribution in [3.63, 3.8) is 0 Å². The zero-order valence-corrected chi connectivity index (χ0v) is 28.8. The van der Waals surface area contributed by atoms with Gasteiger partial charge < -0.3 is 30.3 Å². The Morgan fingerprint density at radius 3 is 2.41 bits per heavy atom. The van der Waals surface area contributed by atoms with Crippen molar-refractivity contribution in [1.82, 2.24) is 25.8 Å². The van der Waals surface area contributed by atoms with Crippen molar-refractivity contribution in [2.24, 2.45) is 0 Å². The third-order valence-electron chi connectivity index (χ3n) is 8.39. The van der Waals surface area contributed by atoms with Gasteiger partial charge in [-0.2, -0.15) is 0 Å². The quantitative estimate of drug-likeness (QED) is 0.254. The topological polar surface area (TPSA) is 129 Å². The first kappa shape index (κ1) is 37.1. The zero-order chi connectivity index (χ0) is 35.0. The Labute approximate surface area is 289 Å². The van der Waals surface area contributed by atoms with Crippen molar-refractivity contribution in [3.8, 4) is 5.75 Å². The molecule has 2 atom stereocenters. The van der Waals surface area contributed by atoms with Gasteiger partial charge in [0.2, 0.25) is 17.7 Å². The molecule has 4 amide bonds. The second-order valence-electron chi connectivity index (χ2n) is 12.3. The number of unbranched alkanes of at least 4 members (excludes halogenated alkanes) is 1. The second kappa shape index (κ2) is 19.3. The number of nitrogens with zero attached hydrogens (tertiary/aromatic N) is 2. The van der Waals surface area contributed by atoms with Crippen LogP contribution in [-0.4, -0.2) is 92.5 Å². The smallest absolute Gasteiger partial charge is 0.255 e. The van der Waals surface area contributed by atoms with E-state index in [1.165, 1.54) is 0 Å². The number of nitrogens with one attached hydrogen (secondary N) is 3.